The first-order valence-electron chi connectivity index (χ1n) is 7.86. The molecule has 8 heteroatoms. The topological polar surface area (TPSA) is 105 Å². The summed E-state index contributed by atoms with van der Waals surface area (Å²) >= 11 is 0. The number of benzene rings is 2. The van der Waals surface area contributed by atoms with Gasteiger partial charge in [0, 0.05) is 14.1 Å². The molecule has 0 aliphatic carbocycles. The van der Waals surface area contributed by atoms with Gasteiger partial charge < -0.3 is 9.52 Å². The maximum Gasteiger partial charge on any atom is 0.335 e. The molecule has 3 aromatic rings. The minimum atomic E-state index is -3.73. The van der Waals surface area contributed by atoms with E-state index in [2.05, 4.69) is 0 Å². The highest BCUT2D eigenvalue weighted by Crippen LogP contribution is 2.27. The Hall–Kier alpha value is -2.71. The van der Waals surface area contributed by atoms with Crippen LogP contribution in [0.15, 0.2) is 44.4 Å². The van der Waals surface area contributed by atoms with Crippen molar-refractivity contribution in [3.05, 3.63) is 51.7 Å². The van der Waals surface area contributed by atoms with Crippen LogP contribution >= 0.6 is 0 Å². The van der Waals surface area contributed by atoms with Crippen molar-refractivity contribution in [1.29, 1.82) is 0 Å². The van der Waals surface area contributed by atoms with E-state index in [0.29, 0.717) is 17.6 Å². The van der Waals surface area contributed by atoms with Crippen molar-refractivity contribution in [2.45, 2.75) is 18.2 Å². The second-order valence-corrected chi connectivity index (χ2v) is 8.20. The molecule has 0 atom stereocenters. The number of carboxylic acids is 1. The Kier molecular flexibility index (Phi) is 4.33. The molecule has 0 spiro atoms. The summed E-state index contributed by atoms with van der Waals surface area (Å²) in [7, 11) is -0.914. The number of fused-ring (bicyclic) bond motifs is 2. The van der Waals surface area contributed by atoms with E-state index >= 15 is 0 Å². The van der Waals surface area contributed by atoms with Crippen molar-refractivity contribution in [3.8, 4) is 0 Å². The molecule has 7 nitrogen and oxygen atoms in total. The van der Waals surface area contributed by atoms with Gasteiger partial charge >= 0.3 is 5.97 Å². The molecule has 0 radical (unpaired) electrons. The molecular weight excluding hydrogens is 358 g/mol. The summed E-state index contributed by atoms with van der Waals surface area (Å²) in [4.78, 5) is 24.1. The molecule has 2 aromatic carbocycles. The van der Waals surface area contributed by atoms with Gasteiger partial charge in [0.05, 0.1) is 21.2 Å². The number of rotatable bonds is 4. The third-order valence-electron chi connectivity index (χ3n) is 4.23. The largest absolute Gasteiger partial charge is 0.478 e. The second kappa shape index (κ2) is 6.22. The number of aromatic carboxylic acids is 1. The summed E-state index contributed by atoms with van der Waals surface area (Å²) in [6, 6.07) is 6.81. The fourth-order valence-corrected chi connectivity index (χ4v) is 3.74. The fourth-order valence-electron chi connectivity index (χ4n) is 2.76. The molecule has 1 heterocycles. The lowest BCUT2D eigenvalue weighted by Gasteiger charge is -2.14. The quantitative estimate of drug-likeness (QED) is 0.702. The molecule has 0 fully saturated rings. The van der Waals surface area contributed by atoms with E-state index in [9.17, 15) is 18.0 Å². The molecular formula is C18H17NO6S. The van der Waals surface area contributed by atoms with Crippen LogP contribution in [0.2, 0.25) is 0 Å². The number of hydrogen-bond donors (Lipinski definition) is 1. The lowest BCUT2D eigenvalue weighted by Crippen LogP contribution is -2.22. The summed E-state index contributed by atoms with van der Waals surface area (Å²) < 4.78 is 31.8. The zero-order valence-corrected chi connectivity index (χ0v) is 15.3. The highest BCUT2D eigenvalue weighted by Gasteiger charge is 2.21. The molecule has 0 saturated heterocycles. The van der Waals surface area contributed by atoms with E-state index in [0.717, 1.165) is 4.31 Å². The highest BCUT2D eigenvalue weighted by atomic mass is 32.2. The predicted molar refractivity (Wildman–Crippen MR) is 97.2 cm³/mol. The first kappa shape index (κ1) is 18.1. The van der Waals surface area contributed by atoms with Gasteiger partial charge in [-0.2, -0.15) is 0 Å². The lowest BCUT2D eigenvalue weighted by molar-refractivity contribution is 0.0697. The van der Waals surface area contributed by atoms with E-state index in [1.165, 1.54) is 44.4 Å². The smallest absolute Gasteiger partial charge is 0.335 e. The van der Waals surface area contributed by atoms with Crippen LogP contribution in [0.4, 0.5) is 0 Å². The third kappa shape index (κ3) is 2.77. The average molecular weight is 375 g/mol. The van der Waals surface area contributed by atoms with Gasteiger partial charge in [0.25, 0.3) is 0 Å². The molecule has 136 valence electrons. The number of nitrogens with zero attached hydrogens (tertiary/aromatic N) is 1. The van der Waals surface area contributed by atoms with Crippen molar-refractivity contribution in [3.63, 3.8) is 0 Å². The molecule has 1 N–H and O–H groups in total. The number of carboxylic acid groups (broad SMARTS) is 1. The molecule has 0 aliphatic rings. The molecule has 0 unspecified atom stereocenters. The number of hydrogen-bond acceptors (Lipinski definition) is 5. The van der Waals surface area contributed by atoms with Gasteiger partial charge in [0.1, 0.15) is 11.2 Å². The van der Waals surface area contributed by atoms with Gasteiger partial charge in [-0.15, -0.1) is 0 Å². The van der Waals surface area contributed by atoms with Crippen LogP contribution in [0.3, 0.4) is 0 Å². The Balaban J connectivity index is 2.46. The Morgan fingerprint density at radius 3 is 2.42 bits per heavy atom. The SMILES string of the molecule is CCc1cc(S(=O)(=O)N(C)C)cc2c(=O)c3cc(C(=O)O)ccc3oc12. The van der Waals surface area contributed by atoms with Crippen LogP contribution in [-0.2, 0) is 16.4 Å². The van der Waals surface area contributed by atoms with Crippen molar-refractivity contribution in [2.24, 2.45) is 0 Å². The van der Waals surface area contributed by atoms with Gasteiger partial charge in [0.2, 0.25) is 15.5 Å². The Morgan fingerprint density at radius 1 is 1.15 bits per heavy atom. The van der Waals surface area contributed by atoms with Crippen molar-refractivity contribution >= 4 is 37.9 Å². The highest BCUT2D eigenvalue weighted by molar-refractivity contribution is 7.89. The lowest BCUT2D eigenvalue weighted by atomic mass is 10.1. The molecule has 26 heavy (non-hydrogen) atoms. The summed E-state index contributed by atoms with van der Waals surface area (Å²) in [5.74, 6) is -1.16. The summed E-state index contributed by atoms with van der Waals surface area (Å²) in [5, 5.41) is 9.33. The Morgan fingerprint density at radius 2 is 1.85 bits per heavy atom. The average Bonchev–Trinajstić information content (AvgIpc) is 2.60. The van der Waals surface area contributed by atoms with Crippen molar-refractivity contribution in [1.82, 2.24) is 4.31 Å². The van der Waals surface area contributed by atoms with Gasteiger partial charge in [-0.1, -0.05) is 6.92 Å². The molecule has 0 amide bonds. The van der Waals surface area contributed by atoms with E-state index in [1.54, 1.807) is 0 Å². The zero-order chi connectivity index (χ0) is 19.2. The van der Waals surface area contributed by atoms with E-state index < -0.39 is 21.4 Å². The van der Waals surface area contributed by atoms with Crippen LogP contribution < -0.4 is 5.43 Å². The summed E-state index contributed by atoms with van der Waals surface area (Å²) in [5.41, 5.74) is 0.646. The van der Waals surface area contributed by atoms with Crippen LogP contribution in [0.25, 0.3) is 21.9 Å². The van der Waals surface area contributed by atoms with E-state index in [4.69, 9.17) is 9.52 Å². The number of sulfonamides is 1. The zero-order valence-electron chi connectivity index (χ0n) is 14.4. The van der Waals surface area contributed by atoms with Crippen LogP contribution in [-0.4, -0.2) is 37.9 Å². The van der Waals surface area contributed by atoms with Crippen molar-refractivity contribution in [2.75, 3.05) is 14.1 Å². The number of carbonyl (C=O) groups is 1. The standard InChI is InChI=1S/C18H17NO6S/c1-4-10-7-12(26(23,24)19(2)3)9-14-16(20)13-8-11(18(21)22)5-6-15(13)25-17(10)14/h5-9H,4H2,1-3H3,(H,21,22). The minimum Gasteiger partial charge on any atom is -0.478 e. The minimum absolute atomic E-state index is 0.00658. The molecule has 0 aliphatic heterocycles. The first-order valence-corrected chi connectivity index (χ1v) is 9.30. The monoisotopic (exact) mass is 375 g/mol. The summed E-state index contributed by atoms with van der Waals surface area (Å²) in [6.07, 6.45) is 0.467. The Bertz CT molecular complexity index is 1210. The van der Waals surface area contributed by atoms with Gasteiger partial charge in [0.15, 0.2) is 0 Å². The van der Waals surface area contributed by atoms with Gasteiger partial charge in [-0.05, 0) is 42.3 Å². The molecule has 3 rings (SSSR count). The van der Waals surface area contributed by atoms with Gasteiger partial charge in [-0.3, -0.25) is 4.79 Å². The normalized spacial score (nSPS) is 12.2. The maximum atomic E-state index is 12.9. The Labute approximate surface area is 149 Å². The van der Waals surface area contributed by atoms with Crippen molar-refractivity contribution < 1.29 is 22.7 Å². The first-order chi connectivity index (χ1) is 12.2. The fraction of sp³-hybridized carbons (Fsp3) is 0.222. The predicted octanol–water partition coefficient (Wildman–Crippen LogP) is 2.46. The molecule has 0 saturated carbocycles. The summed E-state index contributed by atoms with van der Waals surface area (Å²) in [6.45, 7) is 1.83. The van der Waals surface area contributed by atoms with Crippen LogP contribution in [0.1, 0.15) is 22.8 Å². The second-order valence-electron chi connectivity index (χ2n) is 6.05. The van der Waals surface area contributed by atoms with Crippen LogP contribution in [0.5, 0.6) is 0 Å². The van der Waals surface area contributed by atoms with E-state index in [-0.39, 0.29) is 26.8 Å². The van der Waals surface area contributed by atoms with Crippen LogP contribution in [0, 0.1) is 0 Å². The third-order valence-corrected chi connectivity index (χ3v) is 6.02. The van der Waals surface area contributed by atoms with Gasteiger partial charge in [-0.25, -0.2) is 17.5 Å². The molecule has 1 aromatic heterocycles. The molecule has 0 bridgehead atoms. The maximum absolute atomic E-state index is 12.9. The van der Waals surface area contributed by atoms with E-state index in [1.807, 2.05) is 6.92 Å². The number of aryl methyl sites for hydroxylation is 1.